The normalized spacial score (nSPS) is 25.1. The Balaban J connectivity index is 1.69. The number of sulfonamides is 1. The molecule has 0 bridgehead atoms. The van der Waals surface area contributed by atoms with Crippen molar-refractivity contribution in [3.63, 3.8) is 0 Å². The Labute approximate surface area is 169 Å². The summed E-state index contributed by atoms with van der Waals surface area (Å²) in [6.45, 7) is 12.2. The summed E-state index contributed by atoms with van der Waals surface area (Å²) in [5.41, 5.74) is 2.25. The van der Waals surface area contributed by atoms with Gasteiger partial charge in [-0.3, -0.25) is 4.79 Å². The highest BCUT2D eigenvalue weighted by atomic mass is 32.2. The van der Waals surface area contributed by atoms with Gasteiger partial charge in [-0.15, -0.1) is 0 Å². The Morgan fingerprint density at radius 3 is 2.32 bits per heavy atom. The first-order chi connectivity index (χ1) is 13.0. The standard InChI is InChI=1S/C22H32N2O3S/c1-16(2)15-19-20(22(19,4)5)21(25)23-11-6-12-24(14-13-23)28(26,27)18-9-7-17(3)8-10-18/h7-10,15,19-20H,6,11-14H2,1-5H3/t19-,20-/m0/s1. The number of nitrogens with zero attached hydrogens (tertiary/aromatic N) is 2. The molecule has 6 heteroatoms. The molecule has 1 amide bonds. The Morgan fingerprint density at radius 2 is 1.71 bits per heavy atom. The van der Waals surface area contributed by atoms with Crippen LogP contribution in [-0.4, -0.2) is 49.7 Å². The molecule has 1 aliphatic carbocycles. The summed E-state index contributed by atoms with van der Waals surface area (Å²) < 4.78 is 27.5. The molecule has 0 spiro atoms. The molecule has 0 N–H and O–H groups in total. The third-order valence-electron chi connectivity index (χ3n) is 6.11. The van der Waals surface area contributed by atoms with Crippen LogP contribution >= 0.6 is 0 Å². The van der Waals surface area contributed by atoms with E-state index in [4.69, 9.17) is 0 Å². The zero-order valence-corrected chi connectivity index (χ0v) is 18.4. The fourth-order valence-corrected chi connectivity index (χ4v) is 5.70. The van der Waals surface area contributed by atoms with Crippen molar-refractivity contribution in [2.75, 3.05) is 26.2 Å². The zero-order chi connectivity index (χ0) is 20.7. The molecule has 0 radical (unpaired) electrons. The summed E-state index contributed by atoms with van der Waals surface area (Å²) >= 11 is 0. The maximum atomic E-state index is 13.1. The molecule has 3 rings (SSSR count). The van der Waals surface area contributed by atoms with E-state index in [9.17, 15) is 13.2 Å². The summed E-state index contributed by atoms with van der Waals surface area (Å²) in [6.07, 6.45) is 2.87. The van der Waals surface area contributed by atoms with Crippen molar-refractivity contribution in [3.8, 4) is 0 Å². The largest absolute Gasteiger partial charge is 0.341 e. The van der Waals surface area contributed by atoms with E-state index in [1.807, 2.05) is 24.0 Å². The lowest BCUT2D eigenvalue weighted by molar-refractivity contribution is -0.133. The van der Waals surface area contributed by atoms with Crippen LogP contribution in [0.2, 0.25) is 0 Å². The van der Waals surface area contributed by atoms with Gasteiger partial charge in [-0.1, -0.05) is 43.2 Å². The average molecular weight is 405 g/mol. The lowest BCUT2D eigenvalue weighted by atomic mass is 10.1. The molecule has 1 aliphatic heterocycles. The van der Waals surface area contributed by atoms with Crippen molar-refractivity contribution >= 4 is 15.9 Å². The van der Waals surface area contributed by atoms with Crippen LogP contribution in [0.3, 0.4) is 0 Å². The van der Waals surface area contributed by atoms with Crippen LogP contribution in [0.1, 0.15) is 39.7 Å². The number of carbonyl (C=O) groups is 1. The molecule has 2 fully saturated rings. The lowest BCUT2D eigenvalue weighted by Gasteiger charge is -2.22. The van der Waals surface area contributed by atoms with Crippen LogP contribution in [-0.2, 0) is 14.8 Å². The van der Waals surface area contributed by atoms with E-state index in [1.54, 1.807) is 12.1 Å². The number of amides is 1. The van der Waals surface area contributed by atoms with E-state index in [2.05, 4.69) is 33.8 Å². The summed E-state index contributed by atoms with van der Waals surface area (Å²) in [5.74, 6) is 0.449. The number of rotatable bonds is 4. The first-order valence-electron chi connectivity index (χ1n) is 10.1. The SMILES string of the molecule is CC(C)=C[C@H]1[C@@H](C(=O)N2CCCN(S(=O)(=O)c3ccc(C)cc3)CC2)C1(C)C. The molecule has 154 valence electrons. The van der Waals surface area contributed by atoms with E-state index in [0.29, 0.717) is 37.5 Å². The second-order valence-corrected chi connectivity index (χ2v) is 10.9. The van der Waals surface area contributed by atoms with E-state index in [1.165, 1.54) is 9.88 Å². The number of carbonyl (C=O) groups excluding carboxylic acids is 1. The molecule has 28 heavy (non-hydrogen) atoms. The van der Waals surface area contributed by atoms with Gasteiger partial charge >= 0.3 is 0 Å². The number of hydrogen-bond donors (Lipinski definition) is 0. The highest BCUT2D eigenvalue weighted by molar-refractivity contribution is 7.89. The molecule has 0 aromatic heterocycles. The fraction of sp³-hybridized carbons (Fsp3) is 0.591. The van der Waals surface area contributed by atoms with Crippen LogP contribution in [0.5, 0.6) is 0 Å². The van der Waals surface area contributed by atoms with Gasteiger partial charge in [0.15, 0.2) is 0 Å². The zero-order valence-electron chi connectivity index (χ0n) is 17.6. The van der Waals surface area contributed by atoms with Crippen LogP contribution in [0.25, 0.3) is 0 Å². The highest BCUT2D eigenvalue weighted by Gasteiger charge is 2.61. The summed E-state index contributed by atoms with van der Waals surface area (Å²) in [7, 11) is -3.52. The molecule has 0 unspecified atom stereocenters. The van der Waals surface area contributed by atoms with Gasteiger partial charge in [-0.2, -0.15) is 4.31 Å². The maximum absolute atomic E-state index is 13.1. The van der Waals surface area contributed by atoms with Gasteiger partial charge in [0.25, 0.3) is 0 Å². The first kappa shape index (κ1) is 21.1. The number of allylic oxidation sites excluding steroid dienone is 2. The molecular weight excluding hydrogens is 372 g/mol. The molecule has 5 nitrogen and oxygen atoms in total. The molecular formula is C22H32N2O3S. The molecule has 2 atom stereocenters. The Kier molecular flexibility index (Phi) is 5.74. The van der Waals surface area contributed by atoms with E-state index in [0.717, 1.165) is 5.56 Å². The highest BCUT2D eigenvalue weighted by Crippen LogP contribution is 2.60. The third-order valence-corrected chi connectivity index (χ3v) is 8.03. The minimum absolute atomic E-state index is 0.00246. The number of hydrogen-bond acceptors (Lipinski definition) is 3. The maximum Gasteiger partial charge on any atom is 0.243 e. The Morgan fingerprint density at radius 1 is 1.07 bits per heavy atom. The molecule has 1 saturated heterocycles. The minimum atomic E-state index is -3.52. The summed E-state index contributed by atoms with van der Waals surface area (Å²) in [4.78, 5) is 15.3. The van der Waals surface area contributed by atoms with Crippen LogP contribution in [0.15, 0.2) is 40.8 Å². The van der Waals surface area contributed by atoms with Gasteiger partial charge in [0.05, 0.1) is 10.8 Å². The van der Waals surface area contributed by atoms with Crippen molar-refractivity contribution in [2.45, 2.75) is 45.9 Å². The Bertz CT molecular complexity index is 868. The van der Waals surface area contributed by atoms with Crippen molar-refractivity contribution in [1.29, 1.82) is 0 Å². The number of aryl methyl sites for hydroxylation is 1. The first-order valence-corrected chi connectivity index (χ1v) is 11.5. The summed E-state index contributed by atoms with van der Waals surface area (Å²) in [5, 5.41) is 0. The minimum Gasteiger partial charge on any atom is -0.341 e. The van der Waals surface area contributed by atoms with Gasteiger partial charge in [-0.05, 0) is 50.7 Å². The van der Waals surface area contributed by atoms with E-state index in [-0.39, 0.29) is 23.2 Å². The van der Waals surface area contributed by atoms with Crippen molar-refractivity contribution < 1.29 is 13.2 Å². The van der Waals surface area contributed by atoms with E-state index < -0.39 is 10.0 Å². The van der Waals surface area contributed by atoms with Gasteiger partial charge < -0.3 is 4.90 Å². The van der Waals surface area contributed by atoms with Gasteiger partial charge in [-0.25, -0.2) is 8.42 Å². The predicted molar refractivity (Wildman–Crippen MR) is 111 cm³/mol. The molecule has 1 aromatic rings. The lowest BCUT2D eigenvalue weighted by Crippen LogP contribution is -2.38. The monoisotopic (exact) mass is 404 g/mol. The second-order valence-electron chi connectivity index (χ2n) is 8.96. The van der Waals surface area contributed by atoms with Gasteiger partial charge in [0.2, 0.25) is 15.9 Å². The molecule has 2 aliphatic rings. The predicted octanol–water partition coefficient (Wildman–Crippen LogP) is 3.46. The van der Waals surface area contributed by atoms with Crippen molar-refractivity contribution in [3.05, 3.63) is 41.5 Å². The molecule has 1 heterocycles. The van der Waals surface area contributed by atoms with Crippen LogP contribution < -0.4 is 0 Å². The fourth-order valence-electron chi connectivity index (χ4n) is 4.23. The van der Waals surface area contributed by atoms with Crippen LogP contribution in [0, 0.1) is 24.2 Å². The number of benzene rings is 1. The molecule has 1 aromatic carbocycles. The van der Waals surface area contributed by atoms with E-state index >= 15 is 0 Å². The second kappa shape index (κ2) is 7.64. The smallest absolute Gasteiger partial charge is 0.243 e. The van der Waals surface area contributed by atoms with Gasteiger partial charge in [0, 0.05) is 26.2 Å². The van der Waals surface area contributed by atoms with Crippen molar-refractivity contribution in [1.82, 2.24) is 9.21 Å². The Hall–Kier alpha value is -1.66. The van der Waals surface area contributed by atoms with Gasteiger partial charge in [0.1, 0.15) is 0 Å². The average Bonchev–Trinajstić information content (AvgIpc) is 3.24. The topological polar surface area (TPSA) is 57.7 Å². The molecule has 1 saturated carbocycles. The summed E-state index contributed by atoms with van der Waals surface area (Å²) in [6, 6.07) is 6.96. The van der Waals surface area contributed by atoms with Crippen molar-refractivity contribution in [2.24, 2.45) is 17.3 Å². The third kappa shape index (κ3) is 4.03. The van der Waals surface area contributed by atoms with Crippen LogP contribution in [0.4, 0.5) is 0 Å². The quantitative estimate of drug-likeness (QED) is 0.722.